The van der Waals surface area contributed by atoms with Gasteiger partial charge in [0, 0.05) is 11.6 Å². The number of hydrogen-bond acceptors (Lipinski definition) is 5. The molecule has 0 aliphatic rings. The standard InChI is InChI=1S/C17H18O5/c1-11(18)9-13(3)22-17(15(20)10-12(2)19)16(21)14-7-5-4-6-8-14/h4-9,17H,10H2,1-3H3/b13-9-. The summed E-state index contributed by atoms with van der Waals surface area (Å²) in [6, 6.07) is 8.19. The molecular formula is C17H18O5. The summed E-state index contributed by atoms with van der Waals surface area (Å²) in [4.78, 5) is 46.7. The highest BCUT2D eigenvalue weighted by atomic mass is 16.5. The highest BCUT2D eigenvalue weighted by Crippen LogP contribution is 2.13. The number of rotatable bonds is 8. The van der Waals surface area contributed by atoms with Crippen LogP contribution in [0.5, 0.6) is 0 Å². The quantitative estimate of drug-likeness (QED) is 0.319. The van der Waals surface area contributed by atoms with Crippen LogP contribution >= 0.6 is 0 Å². The molecule has 116 valence electrons. The first-order valence-corrected chi connectivity index (χ1v) is 6.78. The number of carbonyl (C=O) groups is 4. The van der Waals surface area contributed by atoms with Crippen LogP contribution in [0.25, 0.3) is 0 Å². The number of benzene rings is 1. The van der Waals surface area contributed by atoms with E-state index in [1.54, 1.807) is 30.3 Å². The number of carbonyl (C=O) groups excluding carboxylic acids is 4. The Labute approximate surface area is 129 Å². The van der Waals surface area contributed by atoms with Gasteiger partial charge in [-0.1, -0.05) is 30.3 Å². The zero-order chi connectivity index (χ0) is 16.7. The molecule has 0 N–H and O–H groups in total. The van der Waals surface area contributed by atoms with Crippen molar-refractivity contribution in [2.24, 2.45) is 0 Å². The monoisotopic (exact) mass is 302 g/mol. The highest BCUT2D eigenvalue weighted by Gasteiger charge is 2.30. The molecule has 0 amide bonds. The van der Waals surface area contributed by atoms with Gasteiger partial charge in [-0.3, -0.25) is 19.2 Å². The molecule has 1 aromatic carbocycles. The maximum Gasteiger partial charge on any atom is 0.219 e. The van der Waals surface area contributed by atoms with Gasteiger partial charge in [0.05, 0.1) is 12.2 Å². The topological polar surface area (TPSA) is 77.5 Å². The molecule has 0 heterocycles. The number of ketones is 4. The number of ether oxygens (including phenoxy) is 1. The van der Waals surface area contributed by atoms with Crippen molar-refractivity contribution in [1.82, 2.24) is 0 Å². The number of hydrogen-bond donors (Lipinski definition) is 0. The number of Topliss-reactive ketones (excluding diaryl/α,β-unsaturated/α-hetero) is 3. The minimum Gasteiger partial charge on any atom is -0.479 e. The van der Waals surface area contributed by atoms with Crippen LogP contribution in [0, 0.1) is 0 Å². The smallest absolute Gasteiger partial charge is 0.219 e. The second-order valence-electron chi connectivity index (χ2n) is 4.94. The van der Waals surface area contributed by atoms with Crippen LogP contribution in [-0.4, -0.2) is 29.2 Å². The van der Waals surface area contributed by atoms with E-state index >= 15 is 0 Å². The Morgan fingerprint density at radius 2 is 1.64 bits per heavy atom. The van der Waals surface area contributed by atoms with Crippen molar-refractivity contribution in [3.63, 3.8) is 0 Å². The van der Waals surface area contributed by atoms with Gasteiger partial charge in [0.25, 0.3) is 0 Å². The molecule has 0 aliphatic heterocycles. The van der Waals surface area contributed by atoms with Crippen LogP contribution < -0.4 is 0 Å². The normalized spacial score (nSPS) is 12.4. The third kappa shape index (κ3) is 5.44. The van der Waals surface area contributed by atoms with Crippen molar-refractivity contribution in [3.8, 4) is 0 Å². The van der Waals surface area contributed by atoms with Crippen LogP contribution in [0.1, 0.15) is 37.6 Å². The van der Waals surface area contributed by atoms with E-state index in [1.165, 1.54) is 26.8 Å². The average molecular weight is 302 g/mol. The van der Waals surface area contributed by atoms with Crippen LogP contribution in [-0.2, 0) is 19.1 Å². The summed E-state index contributed by atoms with van der Waals surface area (Å²) in [6.07, 6.45) is -0.634. The van der Waals surface area contributed by atoms with Crippen molar-refractivity contribution in [2.75, 3.05) is 0 Å². The van der Waals surface area contributed by atoms with Gasteiger partial charge in [0.15, 0.2) is 11.6 Å². The summed E-state index contributed by atoms with van der Waals surface area (Å²) < 4.78 is 5.33. The first-order valence-electron chi connectivity index (χ1n) is 6.78. The molecule has 0 saturated carbocycles. The molecule has 0 aliphatic carbocycles. The third-order valence-electron chi connectivity index (χ3n) is 2.72. The van der Waals surface area contributed by atoms with Gasteiger partial charge < -0.3 is 4.74 Å². The van der Waals surface area contributed by atoms with E-state index in [4.69, 9.17) is 4.74 Å². The van der Waals surface area contributed by atoms with Crippen LogP contribution in [0.2, 0.25) is 0 Å². The Kier molecular flexibility index (Phi) is 6.38. The van der Waals surface area contributed by atoms with E-state index in [9.17, 15) is 19.2 Å². The maximum atomic E-state index is 12.4. The molecule has 1 atom stereocenters. The molecule has 0 bridgehead atoms. The fourth-order valence-electron chi connectivity index (χ4n) is 1.86. The SMILES string of the molecule is CC(=O)/C=C(/C)OC(C(=O)CC(C)=O)C(=O)c1ccccc1. The van der Waals surface area contributed by atoms with E-state index in [1.807, 2.05) is 0 Å². The lowest BCUT2D eigenvalue weighted by Crippen LogP contribution is -2.34. The Morgan fingerprint density at radius 3 is 2.14 bits per heavy atom. The summed E-state index contributed by atoms with van der Waals surface area (Å²) in [5.41, 5.74) is 0.306. The Balaban J connectivity index is 3.05. The van der Waals surface area contributed by atoms with Gasteiger partial charge in [-0.25, -0.2) is 0 Å². The van der Waals surface area contributed by atoms with E-state index in [0.717, 1.165) is 0 Å². The van der Waals surface area contributed by atoms with Crippen LogP contribution in [0.3, 0.4) is 0 Å². The Hall–Kier alpha value is -2.56. The first-order chi connectivity index (χ1) is 10.3. The predicted molar refractivity (Wildman–Crippen MR) is 80.4 cm³/mol. The van der Waals surface area contributed by atoms with E-state index in [-0.39, 0.29) is 17.3 Å². The molecular weight excluding hydrogens is 284 g/mol. The van der Waals surface area contributed by atoms with Gasteiger partial charge >= 0.3 is 0 Å². The Morgan fingerprint density at radius 1 is 1.05 bits per heavy atom. The molecule has 0 aromatic heterocycles. The summed E-state index contributed by atoms with van der Waals surface area (Å²) in [7, 11) is 0. The van der Waals surface area contributed by atoms with E-state index in [0.29, 0.717) is 5.56 Å². The predicted octanol–water partition coefficient (Wildman–Crippen LogP) is 2.30. The molecule has 0 saturated heterocycles. The molecule has 1 rings (SSSR count). The first kappa shape index (κ1) is 17.5. The van der Waals surface area contributed by atoms with Crippen LogP contribution in [0.4, 0.5) is 0 Å². The lowest BCUT2D eigenvalue weighted by molar-refractivity contribution is -0.130. The van der Waals surface area contributed by atoms with Gasteiger partial charge in [-0.2, -0.15) is 0 Å². The minimum atomic E-state index is -1.43. The summed E-state index contributed by atoms with van der Waals surface area (Å²) in [5.74, 6) is -1.63. The van der Waals surface area contributed by atoms with E-state index < -0.39 is 24.1 Å². The molecule has 1 unspecified atom stereocenters. The molecule has 22 heavy (non-hydrogen) atoms. The van der Waals surface area contributed by atoms with Crippen molar-refractivity contribution in [1.29, 1.82) is 0 Å². The molecule has 0 radical (unpaired) electrons. The van der Waals surface area contributed by atoms with Crippen LogP contribution in [0.15, 0.2) is 42.2 Å². The lowest BCUT2D eigenvalue weighted by atomic mass is 10.0. The zero-order valence-corrected chi connectivity index (χ0v) is 12.8. The minimum absolute atomic E-state index is 0.152. The second kappa shape index (κ2) is 8.02. The molecule has 5 nitrogen and oxygen atoms in total. The van der Waals surface area contributed by atoms with Crippen molar-refractivity contribution >= 4 is 23.1 Å². The largest absolute Gasteiger partial charge is 0.479 e. The second-order valence-corrected chi connectivity index (χ2v) is 4.94. The summed E-state index contributed by atoms with van der Waals surface area (Å²) in [6.45, 7) is 4.08. The molecule has 0 spiro atoms. The van der Waals surface area contributed by atoms with Gasteiger partial charge in [-0.05, 0) is 20.8 Å². The fourth-order valence-corrected chi connectivity index (χ4v) is 1.86. The zero-order valence-electron chi connectivity index (χ0n) is 12.8. The van der Waals surface area contributed by atoms with Crippen molar-refractivity contribution in [2.45, 2.75) is 33.3 Å². The maximum absolute atomic E-state index is 12.4. The summed E-state index contributed by atoms with van der Waals surface area (Å²) in [5, 5.41) is 0. The van der Waals surface area contributed by atoms with Gasteiger partial charge in [0.1, 0.15) is 5.78 Å². The Bertz CT molecular complexity index is 613. The molecule has 5 heteroatoms. The average Bonchev–Trinajstić information content (AvgIpc) is 2.43. The molecule has 1 aromatic rings. The van der Waals surface area contributed by atoms with Gasteiger partial charge in [-0.15, -0.1) is 0 Å². The third-order valence-corrected chi connectivity index (χ3v) is 2.72. The molecule has 0 fully saturated rings. The lowest BCUT2D eigenvalue weighted by Gasteiger charge is -2.17. The summed E-state index contributed by atoms with van der Waals surface area (Å²) >= 11 is 0. The van der Waals surface area contributed by atoms with Gasteiger partial charge in [0.2, 0.25) is 11.9 Å². The van der Waals surface area contributed by atoms with E-state index in [2.05, 4.69) is 0 Å². The number of allylic oxidation sites excluding steroid dienone is 2. The van der Waals surface area contributed by atoms with Crippen molar-refractivity contribution < 1.29 is 23.9 Å². The van der Waals surface area contributed by atoms with Crippen molar-refractivity contribution in [3.05, 3.63) is 47.7 Å². The highest BCUT2D eigenvalue weighted by molar-refractivity contribution is 6.16. The fraction of sp³-hybridized carbons (Fsp3) is 0.294.